The van der Waals surface area contributed by atoms with Crippen molar-refractivity contribution in [3.05, 3.63) is 72.7 Å². The summed E-state index contributed by atoms with van der Waals surface area (Å²) in [7, 11) is 0. The average Bonchev–Trinajstić information content (AvgIpc) is 3.22. The lowest BCUT2D eigenvalue weighted by Crippen LogP contribution is -2.33. The van der Waals surface area contributed by atoms with Gasteiger partial charge in [-0.05, 0) is 62.0 Å². The van der Waals surface area contributed by atoms with Gasteiger partial charge in [0.1, 0.15) is 0 Å². The van der Waals surface area contributed by atoms with Crippen LogP contribution < -0.4 is 0 Å². The maximum absolute atomic E-state index is 4.42. The van der Waals surface area contributed by atoms with Crippen LogP contribution >= 0.6 is 0 Å². The van der Waals surface area contributed by atoms with E-state index in [4.69, 9.17) is 0 Å². The molecule has 0 radical (unpaired) electrons. The molecule has 1 aliphatic rings. The van der Waals surface area contributed by atoms with Crippen molar-refractivity contribution in [3.8, 4) is 11.3 Å². The first-order valence-electron chi connectivity index (χ1n) is 9.57. The van der Waals surface area contributed by atoms with Gasteiger partial charge in [-0.25, -0.2) is 0 Å². The van der Waals surface area contributed by atoms with E-state index in [-0.39, 0.29) is 0 Å². The number of aromatic nitrogens is 3. The molecule has 0 bridgehead atoms. The molecule has 0 spiro atoms. The number of piperidine rings is 1. The van der Waals surface area contributed by atoms with Crippen molar-refractivity contribution in [3.63, 3.8) is 0 Å². The monoisotopic (exact) mass is 346 g/mol. The second-order valence-corrected chi connectivity index (χ2v) is 7.19. The first-order chi connectivity index (χ1) is 12.9. The van der Waals surface area contributed by atoms with Crippen molar-refractivity contribution in [1.29, 1.82) is 0 Å². The van der Waals surface area contributed by atoms with E-state index in [1.54, 1.807) is 0 Å². The van der Waals surface area contributed by atoms with Crippen molar-refractivity contribution in [2.75, 3.05) is 13.1 Å². The van der Waals surface area contributed by atoms with Crippen LogP contribution in [-0.2, 0) is 13.1 Å². The van der Waals surface area contributed by atoms with Crippen molar-refractivity contribution >= 4 is 0 Å². The van der Waals surface area contributed by atoms with Crippen LogP contribution in [0.15, 0.2) is 67.1 Å². The van der Waals surface area contributed by atoms with Gasteiger partial charge in [-0.2, -0.15) is 5.10 Å². The Hall–Kier alpha value is -2.46. The third kappa shape index (κ3) is 4.38. The van der Waals surface area contributed by atoms with Gasteiger partial charge in [0.25, 0.3) is 0 Å². The van der Waals surface area contributed by atoms with E-state index in [0.29, 0.717) is 0 Å². The van der Waals surface area contributed by atoms with Crippen LogP contribution in [0.2, 0.25) is 0 Å². The molecule has 1 aromatic carbocycles. The van der Waals surface area contributed by atoms with E-state index in [1.807, 2.05) is 30.6 Å². The molecule has 26 heavy (non-hydrogen) atoms. The Morgan fingerprint density at radius 3 is 2.46 bits per heavy atom. The fourth-order valence-corrected chi connectivity index (χ4v) is 3.75. The second kappa shape index (κ2) is 8.28. The molecule has 1 aliphatic heterocycles. The van der Waals surface area contributed by atoms with E-state index in [0.717, 1.165) is 24.7 Å². The SMILES string of the molecule is c1ccc(-c2ccc(CN3CCC(CCn4cccn4)CC3)cc2)nc1. The molecule has 4 nitrogen and oxygen atoms in total. The van der Waals surface area contributed by atoms with E-state index >= 15 is 0 Å². The van der Waals surface area contributed by atoms with Crippen molar-refractivity contribution in [1.82, 2.24) is 19.7 Å². The highest BCUT2D eigenvalue weighted by Gasteiger charge is 2.19. The maximum Gasteiger partial charge on any atom is 0.0701 e. The van der Waals surface area contributed by atoms with Crippen LogP contribution in [0.1, 0.15) is 24.8 Å². The van der Waals surface area contributed by atoms with Crippen LogP contribution in [0.3, 0.4) is 0 Å². The molecule has 0 amide bonds. The molecule has 2 aromatic heterocycles. The van der Waals surface area contributed by atoms with Crippen molar-refractivity contribution in [2.45, 2.75) is 32.4 Å². The Morgan fingerprint density at radius 1 is 0.923 bits per heavy atom. The zero-order chi connectivity index (χ0) is 17.6. The van der Waals surface area contributed by atoms with Crippen LogP contribution in [0, 0.1) is 5.92 Å². The number of hydrogen-bond donors (Lipinski definition) is 0. The van der Waals surface area contributed by atoms with Gasteiger partial charge >= 0.3 is 0 Å². The van der Waals surface area contributed by atoms with E-state index < -0.39 is 0 Å². The minimum atomic E-state index is 0.835. The Kier molecular flexibility index (Phi) is 5.41. The number of nitrogens with zero attached hydrogens (tertiary/aromatic N) is 4. The molecule has 1 fully saturated rings. The lowest BCUT2D eigenvalue weighted by Gasteiger charge is -2.32. The van der Waals surface area contributed by atoms with Gasteiger partial charge in [0, 0.05) is 37.2 Å². The maximum atomic E-state index is 4.42. The summed E-state index contributed by atoms with van der Waals surface area (Å²) in [5.74, 6) is 0.835. The number of rotatable bonds is 6. The average molecular weight is 346 g/mol. The summed E-state index contributed by atoms with van der Waals surface area (Å²) in [4.78, 5) is 7.01. The van der Waals surface area contributed by atoms with E-state index in [9.17, 15) is 0 Å². The molecule has 0 unspecified atom stereocenters. The quantitative estimate of drug-likeness (QED) is 0.669. The summed E-state index contributed by atoms with van der Waals surface area (Å²) in [6.45, 7) is 4.50. The van der Waals surface area contributed by atoms with Gasteiger partial charge < -0.3 is 0 Å². The molecule has 134 valence electrons. The van der Waals surface area contributed by atoms with Crippen LogP contribution in [0.4, 0.5) is 0 Å². The van der Waals surface area contributed by atoms with Gasteiger partial charge in [-0.3, -0.25) is 14.6 Å². The highest BCUT2D eigenvalue weighted by Crippen LogP contribution is 2.23. The Labute approximate surface area is 155 Å². The summed E-state index contributed by atoms with van der Waals surface area (Å²) >= 11 is 0. The largest absolute Gasteiger partial charge is 0.299 e. The number of benzene rings is 1. The first-order valence-corrected chi connectivity index (χ1v) is 9.57. The number of pyridine rings is 1. The first kappa shape index (κ1) is 17.0. The molecule has 3 heterocycles. The highest BCUT2D eigenvalue weighted by atomic mass is 15.3. The third-order valence-electron chi connectivity index (χ3n) is 5.35. The smallest absolute Gasteiger partial charge is 0.0701 e. The van der Waals surface area contributed by atoms with Gasteiger partial charge in [-0.1, -0.05) is 30.3 Å². The Morgan fingerprint density at radius 2 is 1.77 bits per heavy atom. The number of likely N-dealkylation sites (tertiary alicyclic amines) is 1. The van der Waals surface area contributed by atoms with E-state index in [2.05, 4.69) is 56.2 Å². The Bertz CT molecular complexity index is 773. The lowest BCUT2D eigenvalue weighted by molar-refractivity contribution is 0.168. The molecule has 0 N–H and O–H groups in total. The number of hydrogen-bond acceptors (Lipinski definition) is 3. The molecule has 4 rings (SSSR count). The number of aryl methyl sites for hydroxylation is 1. The molecular formula is C22H26N4. The molecule has 0 atom stereocenters. The van der Waals surface area contributed by atoms with Crippen molar-refractivity contribution < 1.29 is 0 Å². The van der Waals surface area contributed by atoms with Gasteiger partial charge in [0.2, 0.25) is 0 Å². The Balaban J connectivity index is 1.25. The third-order valence-corrected chi connectivity index (χ3v) is 5.35. The topological polar surface area (TPSA) is 34.0 Å². The summed E-state index contributed by atoms with van der Waals surface area (Å²) in [6, 6.07) is 16.9. The summed E-state index contributed by atoms with van der Waals surface area (Å²) in [5, 5.41) is 4.30. The fourth-order valence-electron chi connectivity index (χ4n) is 3.75. The molecule has 4 heteroatoms. The van der Waals surface area contributed by atoms with Gasteiger partial charge in [-0.15, -0.1) is 0 Å². The lowest BCUT2D eigenvalue weighted by atomic mass is 9.93. The second-order valence-electron chi connectivity index (χ2n) is 7.19. The molecular weight excluding hydrogens is 320 g/mol. The van der Waals surface area contributed by atoms with Crippen molar-refractivity contribution in [2.24, 2.45) is 5.92 Å². The molecule has 3 aromatic rings. The standard InChI is InChI=1S/C22H26N4/c1-2-12-23-22(4-1)21-7-5-20(6-8-21)18-25-15-9-19(10-16-25)11-17-26-14-3-13-24-26/h1-8,12-14,19H,9-11,15-18H2. The predicted octanol–water partition coefficient (Wildman–Crippen LogP) is 4.25. The fraction of sp³-hybridized carbons (Fsp3) is 0.364. The molecule has 0 aliphatic carbocycles. The summed E-state index contributed by atoms with van der Waals surface area (Å²) in [6.07, 6.45) is 9.61. The zero-order valence-electron chi connectivity index (χ0n) is 15.2. The molecule has 0 saturated carbocycles. The minimum Gasteiger partial charge on any atom is -0.299 e. The van der Waals surface area contributed by atoms with Crippen LogP contribution in [0.25, 0.3) is 11.3 Å². The zero-order valence-corrected chi connectivity index (χ0v) is 15.2. The molecule has 1 saturated heterocycles. The predicted molar refractivity (Wildman–Crippen MR) is 105 cm³/mol. The van der Waals surface area contributed by atoms with Crippen LogP contribution in [-0.4, -0.2) is 32.8 Å². The van der Waals surface area contributed by atoms with Gasteiger partial charge in [0.05, 0.1) is 5.69 Å². The highest BCUT2D eigenvalue weighted by molar-refractivity contribution is 5.58. The summed E-state index contributed by atoms with van der Waals surface area (Å²) < 4.78 is 2.05. The van der Waals surface area contributed by atoms with Crippen LogP contribution in [0.5, 0.6) is 0 Å². The van der Waals surface area contributed by atoms with E-state index in [1.165, 1.54) is 43.5 Å². The minimum absolute atomic E-state index is 0.835. The van der Waals surface area contributed by atoms with Gasteiger partial charge in [0.15, 0.2) is 0 Å². The normalized spacial score (nSPS) is 16.0. The summed E-state index contributed by atoms with van der Waals surface area (Å²) in [5.41, 5.74) is 3.61.